The van der Waals surface area contributed by atoms with Crippen LogP contribution in [0.1, 0.15) is 41.7 Å². The standard InChI is InChI=1S/C28H31N7O2.C4H6O4/c1-33-14-16-34(17-15-33)26(36)13-7-8-22-20-35(23-9-3-2-4-10-23)28(31-22)32-27(37)25-12-6-5-11-24(25)21-18-29-30-19-21;5-3(6)1-2-4(7)8/h2-6,9-12,18-20H,7-8,13-17H2,1H3,(H,29,30)(H,31,32,37);1-2H2,(H,5,6)(H,7,8). The Balaban J connectivity index is 0.000000510. The maximum atomic E-state index is 13.4. The molecule has 1 fully saturated rings. The third kappa shape index (κ3) is 9.60. The molecular formula is C32H37N7O6. The van der Waals surface area contributed by atoms with Crippen molar-refractivity contribution < 1.29 is 29.4 Å². The lowest BCUT2D eigenvalue weighted by molar-refractivity contribution is -0.143. The number of amides is 2. The van der Waals surface area contributed by atoms with Gasteiger partial charge in [-0.15, -0.1) is 0 Å². The van der Waals surface area contributed by atoms with Crippen LogP contribution in [0.3, 0.4) is 0 Å². The average molecular weight is 616 g/mol. The number of likely N-dealkylation sites (N-methyl/N-ethyl adjacent to an activating group) is 1. The van der Waals surface area contributed by atoms with Crippen LogP contribution in [-0.4, -0.2) is 96.7 Å². The monoisotopic (exact) mass is 615 g/mol. The quantitative estimate of drug-likeness (QED) is 0.197. The minimum Gasteiger partial charge on any atom is -0.481 e. The summed E-state index contributed by atoms with van der Waals surface area (Å²) < 4.78 is 1.88. The third-order valence-corrected chi connectivity index (χ3v) is 7.23. The Kier molecular flexibility index (Phi) is 11.6. The van der Waals surface area contributed by atoms with Crippen molar-refractivity contribution >= 4 is 29.7 Å². The van der Waals surface area contributed by atoms with Crippen LogP contribution in [0, 0.1) is 0 Å². The lowest BCUT2D eigenvalue weighted by Crippen LogP contribution is -2.47. The van der Waals surface area contributed by atoms with Gasteiger partial charge in [0.1, 0.15) is 0 Å². The first-order chi connectivity index (χ1) is 21.7. The molecule has 4 aromatic rings. The number of aromatic amines is 1. The molecule has 45 heavy (non-hydrogen) atoms. The second-order valence-corrected chi connectivity index (χ2v) is 10.6. The number of carboxylic acid groups (broad SMARTS) is 2. The normalized spacial score (nSPS) is 13.0. The van der Waals surface area contributed by atoms with Gasteiger partial charge in [0.15, 0.2) is 0 Å². The predicted octanol–water partition coefficient (Wildman–Crippen LogP) is 3.55. The van der Waals surface area contributed by atoms with Crippen molar-refractivity contribution in [3.63, 3.8) is 0 Å². The zero-order valence-corrected chi connectivity index (χ0v) is 25.1. The first-order valence-electron chi connectivity index (χ1n) is 14.6. The Morgan fingerprint density at radius 2 is 1.56 bits per heavy atom. The highest BCUT2D eigenvalue weighted by Gasteiger charge is 2.20. The van der Waals surface area contributed by atoms with Crippen molar-refractivity contribution in [2.45, 2.75) is 32.1 Å². The van der Waals surface area contributed by atoms with E-state index in [4.69, 9.17) is 15.2 Å². The maximum Gasteiger partial charge on any atom is 0.303 e. The Bertz CT molecular complexity index is 1560. The van der Waals surface area contributed by atoms with E-state index in [1.54, 1.807) is 18.5 Å². The number of hydrogen-bond acceptors (Lipinski definition) is 7. The summed E-state index contributed by atoms with van der Waals surface area (Å²) >= 11 is 0. The highest BCUT2D eigenvalue weighted by molar-refractivity contribution is 6.08. The van der Waals surface area contributed by atoms with Crippen molar-refractivity contribution in [2.24, 2.45) is 0 Å². The lowest BCUT2D eigenvalue weighted by atomic mass is 10.0. The third-order valence-electron chi connectivity index (χ3n) is 7.23. The fraction of sp³-hybridized carbons (Fsp3) is 0.312. The Morgan fingerprint density at radius 3 is 2.20 bits per heavy atom. The van der Waals surface area contributed by atoms with Crippen LogP contribution in [0.4, 0.5) is 5.95 Å². The summed E-state index contributed by atoms with van der Waals surface area (Å²) in [6, 6.07) is 17.2. The fourth-order valence-corrected chi connectivity index (χ4v) is 4.77. The van der Waals surface area contributed by atoms with E-state index >= 15 is 0 Å². The predicted molar refractivity (Wildman–Crippen MR) is 167 cm³/mol. The number of aryl methyl sites for hydroxylation is 1. The first kappa shape index (κ1) is 32.6. The molecule has 0 bridgehead atoms. The number of carboxylic acids is 2. The summed E-state index contributed by atoms with van der Waals surface area (Å²) in [5.41, 5.74) is 3.88. The molecule has 0 atom stereocenters. The molecule has 2 aromatic carbocycles. The summed E-state index contributed by atoms with van der Waals surface area (Å²) in [6.07, 6.45) is 6.64. The van der Waals surface area contributed by atoms with Crippen LogP contribution in [0.25, 0.3) is 16.8 Å². The van der Waals surface area contributed by atoms with Gasteiger partial charge in [0.25, 0.3) is 5.91 Å². The molecule has 1 aliphatic heterocycles. The van der Waals surface area contributed by atoms with Gasteiger partial charge in [-0.3, -0.25) is 34.2 Å². The van der Waals surface area contributed by atoms with Gasteiger partial charge in [-0.1, -0.05) is 36.4 Å². The van der Waals surface area contributed by atoms with E-state index < -0.39 is 11.9 Å². The number of nitrogens with zero attached hydrogens (tertiary/aromatic N) is 5. The van der Waals surface area contributed by atoms with Gasteiger partial charge in [-0.05, 0) is 43.7 Å². The number of benzene rings is 2. The van der Waals surface area contributed by atoms with Gasteiger partial charge in [0.05, 0.1) is 24.7 Å². The van der Waals surface area contributed by atoms with Crippen molar-refractivity contribution in [1.82, 2.24) is 29.5 Å². The number of anilines is 1. The van der Waals surface area contributed by atoms with Gasteiger partial charge in [0, 0.05) is 61.8 Å². The maximum absolute atomic E-state index is 13.4. The smallest absolute Gasteiger partial charge is 0.303 e. The highest BCUT2D eigenvalue weighted by atomic mass is 16.4. The van der Waals surface area contributed by atoms with E-state index in [-0.39, 0.29) is 24.7 Å². The number of nitrogens with one attached hydrogen (secondary N) is 2. The largest absolute Gasteiger partial charge is 0.481 e. The van der Waals surface area contributed by atoms with Gasteiger partial charge in [-0.2, -0.15) is 5.10 Å². The van der Waals surface area contributed by atoms with Gasteiger partial charge in [0.2, 0.25) is 11.9 Å². The van der Waals surface area contributed by atoms with Crippen LogP contribution in [-0.2, 0) is 20.8 Å². The average Bonchev–Trinajstić information content (AvgIpc) is 3.72. The molecule has 1 aliphatic rings. The number of hydrogen-bond donors (Lipinski definition) is 4. The molecule has 0 radical (unpaired) electrons. The van der Waals surface area contributed by atoms with Crippen LogP contribution in [0.5, 0.6) is 0 Å². The Labute approximate surface area is 260 Å². The van der Waals surface area contributed by atoms with E-state index in [9.17, 15) is 19.2 Å². The van der Waals surface area contributed by atoms with E-state index in [0.717, 1.165) is 48.7 Å². The number of carbonyl (C=O) groups excluding carboxylic acids is 2. The van der Waals surface area contributed by atoms with E-state index in [2.05, 4.69) is 27.5 Å². The summed E-state index contributed by atoms with van der Waals surface area (Å²) in [5, 5.41) is 25.6. The number of carbonyl (C=O) groups is 4. The number of imidazole rings is 1. The molecule has 5 rings (SSSR count). The number of aliphatic carboxylic acids is 2. The molecule has 0 aliphatic carbocycles. The van der Waals surface area contributed by atoms with Crippen LogP contribution in [0.15, 0.2) is 73.2 Å². The molecular weight excluding hydrogens is 578 g/mol. The molecule has 2 amide bonds. The summed E-state index contributed by atoms with van der Waals surface area (Å²) in [7, 11) is 2.08. The summed E-state index contributed by atoms with van der Waals surface area (Å²) in [4.78, 5) is 54.2. The molecule has 4 N–H and O–H groups in total. The van der Waals surface area contributed by atoms with Gasteiger partial charge >= 0.3 is 11.9 Å². The van der Waals surface area contributed by atoms with Crippen molar-refractivity contribution in [1.29, 1.82) is 0 Å². The zero-order valence-electron chi connectivity index (χ0n) is 25.1. The van der Waals surface area contributed by atoms with Gasteiger partial charge in [-0.25, -0.2) is 4.98 Å². The van der Waals surface area contributed by atoms with Crippen LogP contribution >= 0.6 is 0 Å². The SMILES string of the molecule is CN1CCN(C(=O)CCCc2cn(-c3ccccc3)c(NC(=O)c3ccccc3-c3cn[nH]c3)n2)CC1.O=C(O)CCC(=O)O. The molecule has 1 saturated heterocycles. The minimum absolute atomic E-state index is 0.194. The van der Waals surface area contributed by atoms with Gasteiger partial charge < -0.3 is 20.0 Å². The Morgan fingerprint density at radius 1 is 0.889 bits per heavy atom. The van der Waals surface area contributed by atoms with E-state index in [1.165, 1.54) is 0 Å². The lowest BCUT2D eigenvalue weighted by Gasteiger charge is -2.32. The van der Waals surface area contributed by atoms with Crippen molar-refractivity contribution in [3.8, 4) is 16.8 Å². The number of H-pyrrole nitrogens is 1. The Hall–Kier alpha value is -5.30. The molecule has 236 valence electrons. The molecule has 0 spiro atoms. The molecule has 2 aromatic heterocycles. The van der Waals surface area contributed by atoms with Crippen LogP contribution in [0.2, 0.25) is 0 Å². The van der Waals surface area contributed by atoms with E-state index in [1.807, 2.05) is 64.2 Å². The number of aromatic nitrogens is 4. The molecule has 13 heteroatoms. The number of para-hydroxylation sites is 1. The molecule has 13 nitrogen and oxygen atoms in total. The fourth-order valence-electron chi connectivity index (χ4n) is 4.77. The zero-order chi connectivity index (χ0) is 32.2. The second-order valence-electron chi connectivity index (χ2n) is 10.6. The summed E-state index contributed by atoms with van der Waals surface area (Å²) in [6.45, 7) is 3.41. The first-order valence-corrected chi connectivity index (χ1v) is 14.6. The highest BCUT2D eigenvalue weighted by Crippen LogP contribution is 2.24. The number of piperazine rings is 1. The van der Waals surface area contributed by atoms with E-state index in [0.29, 0.717) is 30.8 Å². The molecule has 3 heterocycles. The topological polar surface area (TPSA) is 174 Å². The van der Waals surface area contributed by atoms with Crippen molar-refractivity contribution in [3.05, 3.63) is 84.4 Å². The molecule has 0 saturated carbocycles. The molecule has 0 unspecified atom stereocenters. The number of rotatable bonds is 11. The minimum atomic E-state index is -1.08. The second kappa shape index (κ2) is 16.0. The van der Waals surface area contributed by atoms with Crippen LogP contribution < -0.4 is 5.32 Å². The van der Waals surface area contributed by atoms with Crippen molar-refractivity contribution in [2.75, 3.05) is 38.5 Å². The summed E-state index contributed by atoms with van der Waals surface area (Å²) in [5.74, 6) is -1.77.